The number of rotatable bonds is 3. The second-order valence-corrected chi connectivity index (χ2v) is 8.53. The van der Waals surface area contributed by atoms with Crippen LogP contribution in [0.2, 0.25) is 0 Å². The smallest absolute Gasteiger partial charge is 0.335 e. The summed E-state index contributed by atoms with van der Waals surface area (Å²) < 4.78 is 0. The largest absolute Gasteiger partial charge is 0.478 e. The summed E-state index contributed by atoms with van der Waals surface area (Å²) in [7, 11) is 0. The third-order valence-electron chi connectivity index (χ3n) is 7.10. The third-order valence-corrected chi connectivity index (χ3v) is 7.10. The summed E-state index contributed by atoms with van der Waals surface area (Å²) in [5.41, 5.74) is 1.61. The van der Waals surface area contributed by atoms with E-state index in [0.717, 1.165) is 28.2 Å². The van der Waals surface area contributed by atoms with E-state index in [-0.39, 0.29) is 5.56 Å². The average Bonchev–Trinajstić information content (AvgIpc) is 2.60. The Labute approximate surface area is 151 Å². The number of hydrogen-bond acceptors (Lipinski definition) is 2. The molecule has 4 heteroatoms. The molecule has 0 aromatic heterocycles. The second-order valence-electron chi connectivity index (χ2n) is 8.53. The zero-order chi connectivity index (χ0) is 18.0. The number of carbonyl (C=O) groups is 2. The van der Waals surface area contributed by atoms with Crippen LogP contribution in [0, 0.1) is 23.7 Å². The van der Waals surface area contributed by atoms with Gasteiger partial charge in [-0.1, -0.05) is 12.1 Å². The third kappa shape index (κ3) is 2.28. The molecule has 0 amide bonds. The molecule has 26 heavy (non-hydrogen) atoms. The number of carboxylic acids is 2. The molecule has 0 unspecified atom stereocenters. The number of aromatic carboxylic acids is 2. The van der Waals surface area contributed by atoms with Crippen LogP contribution in [-0.2, 0) is 0 Å². The minimum atomic E-state index is -0.953. The van der Waals surface area contributed by atoms with Crippen LogP contribution >= 0.6 is 0 Å². The highest BCUT2D eigenvalue weighted by Gasteiger charge is 2.49. The lowest BCUT2D eigenvalue weighted by atomic mass is 9.50. The maximum atomic E-state index is 12.0. The van der Waals surface area contributed by atoms with Gasteiger partial charge in [-0.25, -0.2) is 9.59 Å². The van der Waals surface area contributed by atoms with Crippen LogP contribution in [0.5, 0.6) is 0 Å². The van der Waals surface area contributed by atoms with Crippen molar-refractivity contribution in [1.29, 1.82) is 0 Å². The lowest BCUT2D eigenvalue weighted by Gasteiger charge is -2.55. The summed E-state index contributed by atoms with van der Waals surface area (Å²) in [6.45, 7) is 0. The van der Waals surface area contributed by atoms with E-state index in [2.05, 4.69) is 0 Å². The first-order valence-corrected chi connectivity index (χ1v) is 9.54. The number of benzene rings is 2. The zero-order valence-electron chi connectivity index (χ0n) is 14.5. The van der Waals surface area contributed by atoms with Crippen LogP contribution in [-0.4, -0.2) is 22.2 Å². The minimum Gasteiger partial charge on any atom is -0.478 e. The molecular weight excluding hydrogens is 328 g/mol. The van der Waals surface area contributed by atoms with Crippen LogP contribution in [0.3, 0.4) is 0 Å². The molecule has 2 N–H and O–H groups in total. The Bertz CT molecular complexity index is 901. The van der Waals surface area contributed by atoms with Crippen LogP contribution < -0.4 is 0 Å². The van der Waals surface area contributed by atoms with Crippen molar-refractivity contribution in [2.24, 2.45) is 23.7 Å². The summed E-state index contributed by atoms with van der Waals surface area (Å²) in [5, 5.41) is 20.9. The van der Waals surface area contributed by atoms with E-state index in [9.17, 15) is 19.8 Å². The highest BCUT2D eigenvalue weighted by molar-refractivity contribution is 6.01. The molecule has 4 saturated carbocycles. The second kappa shape index (κ2) is 5.57. The zero-order valence-corrected chi connectivity index (χ0v) is 14.5. The molecular formula is C22H22O4. The summed E-state index contributed by atoms with van der Waals surface area (Å²) >= 11 is 0. The van der Waals surface area contributed by atoms with E-state index in [1.54, 1.807) is 24.3 Å². The fourth-order valence-corrected chi connectivity index (χ4v) is 6.43. The molecule has 4 bridgehead atoms. The fraction of sp³-hybridized carbons (Fsp3) is 0.455. The van der Waals surface area contributed by atoms with E-state index >= 15 is 0 Å². The Kier molecular flexibility index (Phi) is 3.40. The molecule has 0 aliphatic heterocycles. The highest BCUT2D eigenvalue weighted by Crippen LogP contribution is 2.60. The van der Waals surface area contributed by atoms with Crippen molar-refractivity contribution < 1.29 is 19.8 Å². The predicted molar refractivity (Wildman–Crippen MR) is 97.7 cm³/mol. The first-order valence-electron chi connectivity index (χ1n) is 9.54. The van der Waals surface area contributed by atoms with Gasteiger partial charge in [-0.2, -0.15) is 0 Å². The van der Waals surface area contributed by atoms with Crippen LogP contribution in [0.25, 0.3) is 10.8 Å². The van der Waals surface area contributed by atoms with Crippen LogP contribution in [0.15, 0.2) is 30.3 Å². The fourth-order valence-electron chi connectivity index (χ4n) is 6.43. The first-order chi connectivity index (χ1) is 12.5. The van der Waals surface area contributed by atoms with Crippen molar-refractivity contribution in [3.05, 3.63) is 47.0 Å². The molecule has 0 spiro atoms. The quantitative estimate of drug-likeness (QED) is 0.836. The van der Waals surface area contributed by atoms with Gasteiger partial charge in [-0.05, 0) is 96.2 Å². The molecule has 4 nitrogen and oxygen atoms in total. The van der Waals surface area contributed by atoms with Crippen molar-refractivity contribution in [3.63, 3.8) is 0 Å². The van der Waals surface area contributed by atoms with E-state index in [4.69, 9.17) is 0 Å². The molecule has 0 radical (unpaired) electrons. The maximum Gasteiger partial charge on any atom is 0.335 e. The van der Waals surface area contributed by atoms with E-state index in [1.807, 2.05) is 6.07 Å². The van der Waals surface area contributed by atoms with Gasteiger partial charge in [0.25, 0.3) is 0 Å². The van der Waals surface area contributed by atoms with E-state index < -0.39 is 11.9 Å². The van der Waals surface area contributed by atoms with Gasteiger partial charge in [0.05, 0.1) is 11.1 Å². The Balaban J connectivity index is 1.71. The van der Waals surface area contributed by atoms with Crippen molar-refractivity contribution in [2.45, 2.75) is 38.0 Å². The van der Waals surface area contributed by atoms with Crippen molar-refractivity contribution in [1.82, 2.24) is 0 Å². The first kappa shape index (κ1) is 15.9. The molecule has 6 rings (SSSR count). The Morgan fingerprint density at radius 3 is 2.04 bits per heavy atom. The monoisotopic (exact) mass is 350 g/mol. The van der Waals surface area contributed by atoms with Crippen molar-refractivity contribution >= 4 is 22.7 Å². The van der Waals surface area contributed by atoms with Gasteiger partial charge in [0, 0.05) is 0 Å². The molecule has 2 aromatic carbocycles. The Hall–Kier alpha value is -2.36. The van der Waals surface area contributed by atoms with Gasteiger partial charge < -0.3 is 10.2 Å². The van der Waals surface area contributed by atoms with Gasteiger partial charge in [-0.3, -0.25) is 0 Å². The lowest BCUT2D eigenvalue weighted by molar-refractivity contribution is -0.00267. The number of carboxylic acid groups (broad SMARTS) is 2. The molecule has 4 aliphatic rings. The van der Waals surface area contributed by atoms with E-state index in [1.165, 1.54) is 32.1 Å². The summed E-state index contributed by atoms with van der Waals surface area (Å²) in [4.78, 5) is 23.3. The molecule has 2 aromatic rings. The van der Waals surface area contributed by atoms with Crippen molar-refractivity contribution in [3.8, 4) is 0 Å². The molecule has 4 fully saturated rings. The summed E-state index contributed by atoms with van der Waals surface area (Å²) in [5.74, 6) is 1.28. The number of hydrogen-bond donors (Lipinski definition) is 2. The van der Waals surface area contributed by atoms with E-state index in [0.29, 0.717) is 23.3 Å². The standard InChI is InChI=1S/C22H22O4/c23-21(24)14-2-3-17-13(10-14)1-4-18(22(25)26)20(17)19-15-6-11-5-12(8-15)9-16(19)7-11/h1-4,10-12,15-16,19H,5-9H2,(H,23,24)(H,25,26). The Morgan fingerprint density at radius 2 is 1.46 bits per heavy atom. The van der Waals surface area contributed by atoms with Gasteiger partial charge >= 0.3 is 11.9 Å². The maximum absolute atomic E-state index is 12.0. The van der Waals surface area contributed by atoms with Gasteiger partial charge in [0.15, 0.2) is 0 Å². The van der Waals surface area contributed by atoms with Gasteiger partial charge in [0.2, 0.25) is 0 Å². The van der Waals surface area contributed by atoms with Crippen LogP contribution in [0.1, 0.15) is 64.3 Å². The molecule has 134 valence electrons. The highest BCUT2D eigenvalue weighted by atomic mass is 16.4. The normalized spacial score (nSPS) is 32.1. The topological polar surface area (TPSA) is 74.6 Å². The van der Waals surface area contributed by atoms with Crippen LogP contribution in [0.4, 0.5) is 0 Å². The van der Waals surface area contributed by atoms with Crippen molar-refractivity contribution in [2.75, 3.05) is 0 Å². The SMILES string of the molecule is O=C(O)c1ccc2c(C3C4CC5CC(C4)CC3C5)c(C(=O)O)ccc2c1. The lowest BCUT2D eigenvalue weighted by Crippen LogP contribution is -2.44. The molecule has 0 atom stereocenters. The molecule has 0 heterocycles. The molecule has 4 aliphatic carbocycles. The summed E-state index contributed by atoms with van der Waals surface area (Å²) in [6, 6.07) is 8.53. The molecule has 0 saturated heterocycles. The van der Waals surface area contributed by atoms with Gasteiger partial charge in [0.1, 0.15) is 0 Å². The average molecular weight is 350 g/mol. The predicted octanol–water partition coefficient (Wildman–Crippen LogP) is 4.78. The number of fused-ring (bicyclic) bond motifs is 1. The minimum absolute atomic E-state index is 0.247. The summed E-state index contributed by atoms with van der Waals surface area (Å²) in [6.07, 6.45) is 6.25. The van der Waals surface area contributed by atoms with Gasteiger partial charge in [-0.15, -0.1) is 0 Å². The Morgan fingerprint density at radius 1 is 0.808 bits per heavy atom.